The number of ether oxygens (including phenoxy) is 1. The lowest BCUT2D eigenvalue weighted by Gasteiger charge is -2.35. The summed E-state index contributed by atoms with van der Waals surface area (Å²) < 4.78 is 6.47. The first-order valence-electron chi connectivity index (χ1n) is 7.91. The molecule has 0 aromatic carbocycles. The molecule has 0 aliphatic carbocycles. The van der Waals surface area contributed by atoms with Crippen molar-refractivity contribution in [3.8, 4) is 0 Å². The highest BCUT2D eigenvalue weighted by Gasteiger charge is 2.34. The summed E-state index contributed by atoms with van der Waals surface area (Å²) in [7, 11) is 3.16. The van der Waals surface area contributed by atoms with Crippen molar-refractivity contribution >= 4 is 28.4 Å². The molecule has 2 aromatic heterocycles. The summed E-state index contributed by atoms with van der Waals surface area (Å²) in [6.07, 6.45) is 4.26. The number of hydrogen-bond acceptors (Lipinski definition) is 7. The first-order chi connectivity index (χ1) is 11.9. The van der Waals surface area contributed by atoms with Crippen LogP contribution in [0.2, 0.25) is 0 Å². The minimum atomic E-state index is -0.819. The molecule has 8 nitrogen and oxygen atoms in total. The summed E-state index contributed by atoms with van der Waals surface area (Å²) in [6.45, 7) is 2.83. The van der Waals surface area contributed by atoms with Crippen LogP contribution in [0.25, 0.3) is 0 Å². The van der Waals surface area contributed by atoms with Gasteiger partial charge in [-0.2, -0.15) is 5.10 Å². The largest absolute Gasteiger partial charge is 0.481 e. The van der Waals surface area contributed by atoms with Gasteiger partial charge in [-0.25, -0.2) is 9.78 Å². The van der Waals surface area contributed by atoms with Crippen molar-refractivity contribution in [1.82, 2.24) is 14.8 Å². The number of aromatic nitrogens is 3. The minimum absolute atomic E-state index is 0.0503. The number of thiazole rings is 1. The van der Waals surface area contributed by atoms with Crippen LogP contribution < -0.4 is 4.90 Å². The lowest BCUT2D eigenvalue weighted by Crippen LogP contribution is -2.42. The van der Waals surface area contributed by atoms with E-state index in [-0.39, 0.29) is 11.6 Å². The molecule has 134 valence electrons. The Morgan fingerprint density at radius 1 is 1.40 bits per heavy atom. The molecule has 3 heterocycles. The van der Waals surface area contributed by atoms with Crippen molar-refractivity contribution in [3.63, 3.8) is 0 Å². The maximum absolute atomic E-state index is 11.8. The minimum Gasteiger partial charge on any atom is -0.481 e. The van der Waals surface area contributed by atoms with E-state index in [1.54, 1.807) is 10.9 Å². The highest BCUT2D eigenvalue weighted by atomic mass is 32.1. The SMILES string of the molecule is COC(=O)c1nc(N2CC(C(=O)O)CC(c3cnn(C)c3)C2)sc1C. The van der Waals surface area contributed by atoms with E-state index in [0.29, 0.717) is 24.6 Å². The Bertz CT molecular complexity index is 800. The first kappa shape index (κ1) is 17.4. The zero-order valence-electron chi connectivity index (χ0n) is 14.3. The molecule has 9 heteroatoms. The van der Waals surface area contributed by atoms with Crippen LogP contribution in [-0.2, 0) is 16.6 Å². The maximum atomic E-state index is 11.8. The molecule has 2 atom stereocenters. The van der Waals surface area contributed by atoms with Crippen LogP contribution >= 0.6 is 11.3 Å². The molecule has 25 heavy (non-hydrogen) atoms. The molecule has 1 N–H and O–H groups in total. The van der Waals surface area contributed by atoms with Gasteiger partial charge in [-0.15, -0.1) is 11.3 Å². The van der Waals surface area contributed by atoms with Crippen LogP contribution in [0.5, 0.6) is 0 Å². The standard InChI is InChI=1S/C16H20N4O4S/c1-9-13(15(23)24-3)18-16(25-9)20-7-10(4-11(8-20)14(21)22)12-5-17-19(2)6-12/h5-6,10-11H,4,7-8H2,1-3H3,(H,21,22). The normalized spacial score (nSPS) is 20.5. The zero-order valence-corrected chi connectivity index (χ0v) is 15.1. The summed E-state index contributed by atoms with van der Waals surface area (Å²) in [6, 6.07) is 0. The fourth-order valence-corrected chi connectivity index (χ4v) is 4.05. The van der Waals surface area contributed by atoms with Gasteiger partial charge in [-0.05, 0) is 18.9 Å². The summed E-state index contributed by atoms with van der Waals surface area (Å²) in [5.74, 6) is -1.74. The second-order valence-corrected chi connectivity index (χ2v) is 7.39. The maximum Gasteiger partial charge on any atom is 0.357 e. The molecule has 1 aliphatic heterocycles. The molecule has 0 radical (unpaired) electrons. The van der Waals surface area contributed by atoms with E-state index in [4.69, 9.17) is 4.74 Å². The van der Waals surface area contributed by atoms with Crippen LogP contribution in [0.3, 0.4) is 0 Å². The molecular formula is C16H20N4O4S. The average molecular weight is 364 g/mol. The Kier molecular flexibility index (Phi) is 4.76. The van der Waals surface area contributed by atoms with Gasteiger partial charge < -0.3 is 14.7 Å². The van der Waals surface area contributed by atoms with Crippen molar-refractivity contribution < 1.29 is 19.4 Å². The molecule has 1 fully saturated rings. The number of carboxylic acid groups (broad SMARTS) is 1. The van der Waals surface area contributed by atoms with Crippen LogP contribution in [0.4, 0.5) is 5.13 Å². The van der Waals surface area contributed by atoms with Gasteiger partial charge in [0.1, 0.15) is 0 Å². The van der Waals surface area contributed by atoms with Gasteiger partial charge in [0.25, 0.3) is 0 Å². The van der Waals surface area contributed by atoms with E-state index in [1.807, 2.05) is 25.1 Å². The van der Waals surface area contributed by atoms with Crippen LogP contribution in [0.1, 0.15) is 33.3 Å². The van der Waals surface area contributed by atoms with Gasteiger partial charge in [-0.1, -0.05) is 0 Å². The second kappa shape index (κ2) is 6.83. The summed E-state index contributed by atoms with van der Waals surface area (Å²) in [5.41, 5.74) is 1.30. The molecule has 3 rings (SSSR count). The molecule has 1 aliphatic rings. The quantitative estimate of drug-likeness (QED) is 0.824. The highest BCUT2D eigenvalue weighted by Crippen LogP contribution is 2.35. The number of aliphatic carboxylic acids is 1. The number of carboxylic acids is 1. The fourth-order valence-electron chi connectivity index (χ4n) is 3.13. The number of carbonyl (C=O) groups excluding carboxylic acids is 1. The number of piperidine rings is 1. The van der Waals surface area contributed by atoms with Crippen LogP contribution in [0, 0.1) is 12.8 Å². The topological polar surface area (TPSA) is 97.6 Å². The Labute approximate surface area is 149 Å². The lowest BCUT2D eigenvalue weighted by molar-refractivity contribution is -0.142. The van der Waals surface area contributed by atoms with E-state index in [0.717, 1.165) is 10.4 Å². The first-order valence-corrected chi connectivity index (χ1v) is 8.72. The third kappa shape index (κ3) is 3.51. The highest BCUT2D eigenvalue weighted by molar-refractivity contribution is 7.15. The molecule has 0 spiro atoms. The van der Waals surface area contributed by atoms with Gasteiger partial charge in [0.2, 0.25) is 0 Å². The van der Waals surface area contributed by atoms with E-state index < -0.39 is 17.9 Å². The summed E-state index contributed by atoms with van der Waals surface area (Å²) >= 11 is 1.38. The van der Waals surface area contributed by atoms with Gasteiger partial charge in [0.15, 0.2) is 10.8 Å². The Morgan fingerprint density at radius 3 is 2.76 bits per heavy atom. The van der Waals surface area contributed by atoms with E-state index in [1.165, 1.54) is 18.4 Å². The van der Waals surface area contributed by atoms with Gasteiger partial charge in [0.05, 0.1) is 19.2 Å². The number of rotatable bonds is 4. The zero-order chi connectivity index (χ0) is 18.1. The van der Waals surface area contributed by atoms with E-state index >= 15 is 0 Å². The lowest BCUT2D eigenvalue weighted by atomic mass is 9.86. The molecule has 2 aromatic rings. The van der Waals surface area contributed by atoms with Gasteiger partial charge in [0, 0.05) is 37.1 Å². The average Bonchev–Trinajstić information content (AvgIpc) is 3.19. The Morgan fingerprint density at radius 2 is 2.16 bits per heavy atom. The Balaban J connectivity index is 1.89. The fraction of sp³-hybridized carbons (Fsp3) is 0.500. The number of esters is 1. The third-order valence-electron chi connectivity index (χ3n) is 4.43. The smallest absolute Gasteiger partial charge is 0.357 e. The number of anilines is 1. The van der Waals surface area contributed by atoms with Crippen LogP contribution in [0.15, 0.2) is 12.4 Å². The van der Waals surface area contributed by atoms with E-state index in [2.05, 4.69) is 10.1 Å². The number of nitrogens with zero attached hydrogens (tertiary/aromatic N) is 4. The number of carbonyl (C=O) groups is 2. The second-order valence-electron chi connectivity index (χ2n) is 6.21. The molecule has 0 amide bonds. The Hall–Kier alpha value is -2.42. The van der Waals surface area contributed by atoms with Gasteiger partial charge >= 0.3 is 11.9 Å². The molecular weight excluding hydrogens is 344 g/mol. The van der Waals surface area contributed by atoms with Crippen molar-refractivity contribution in [3.05, 3.63) is 28.5 Å². The van der Waals surface area contributed by atoms with Gasteiger partial charge in [-0.3, -0.25) is 9.48 Å². The van der Waals surface area contributed by atoms with E-state index in [9.17, 15) is 14.7 Å². The number of aryl methyl sites for hydroxylation is 2. The number of hydrogen-bond donors (Lipinski definition) is 1. The molecule has 2 unspecified atom stereocenters. The monoisotopic (exact) mass is 364 g/mol. The molecule has 1 saturated heterocycles. The summed E-state index contributed by atoms with van der Waals surface area (Å²) in [4.78, 5) is 30.5. The predicted molar refractivity (Wildman–Crippen MR) is 92.1 cm³/mol. The van der Waals surface area contributed by atoms with Crippen molar-refractivity contribution in [2.75, 3.05) is 25.1 Å². The van der Waals surface area contributed by atoms with Crippen LogP contribution in [-0.4, -0.2) is 52.0 Å². The van der Waals surface area contributed by atoms with Crippen molar-refractivity contribution in [1.29, 1.82) is 0 Å². The summed E-state index contributed by atoms with van der Waals surface area (Å²) in [5, 5.41) is 14.4. The number of methoxy groups -OCH3 is 1. The van der Waals surface area contributed by atoms with Crippen molar-refractivity contribution in [2.24, 2.45) is 13.0 Å². The van der Waals surface area contributed by atoms with Crippen molar-refractivity contribution in [2.45, 2.75) is 19.3 Å². The molecule has 0 saturated carbocycles. The molecule has 0 bridgehead atoms. The third-order valence-corrected chi connectivity index (χ3v) is 5.46. The predicted octanol–water partition coefficient (Wildman–Crippen LogP) is 1.67.